The molecule has 22 heavy (non-hydrogen) atoms. The zero-order chi connectivity index (χ0) is 14.8. The third kappa shape index (κ3) is 7.99. The van der Waals surface area contributed by atoms with Crippen molar-refractivity contribution in [2.75, 3.05) is 26.2 Å². The molecule has 4 nitrogen and oxygen atoms in total. The van der Waals surface area contributed by atoms with E-state index in [0.29, 0.717) is 6.10 Å². The first-order chi connectivity index (χ1) is 10.4. The van der Waals surface area contributed by atoms with Crippen LogP contribution in [0.3, 0.4) is 0 Å². The molecule has 1 atom stereocenters. The molecule has 0 aromatic heterocycles. The van der Waals surface area contributed by atoms with E-state index in [9.17, 15) is 0 Å². The lowest BCUT2D eigenvalue weighted by Gasteiger charge is -2.14. The fourth-order valence-corrected chi connectivity index (χ4v) is 3.44. The zero-order valence-corrected chi connectivity index (χ0v) is 16.4. The number of hydrogen-bond donors (Lipinski definition) is 2. The Morgan fingerprint density at radius 3 is 2.59 bits per heavy atom. The second-order valence-electron chi connectivity index (χ2n) is 6.40. The van der Waals surface area contributed by atoms with Gasteiger partial charge in [-0.3, -0.25) is 4.99 Å². The van der Waals surface area contributed by atoms with Crippen LogP contribution in [0.15, 0.2) is 4.99 Å². The van der Waals surface area contributed by atoms with Crippen molar-refractivity contribution in [2.24, 2.45) is 10.9 Å². The van der Waals surface area contributed by atoms with E-state index in [0.717, 1.165) is 44.5 Å². The van der Waals surface area contributed by atoms with Crippen molar-refractivity contribution in [1.82, 2.24) is 10.6 Å². The average Bonchev–Trinajstić information content (AvgIpc) is 3.17. The van der Waals surface area contributed by atoms with Gasteiger partial charge in [0.1, 0.15) is 0 Å². The minimum absolute atomic E-state index is 0. The summed E-state index contributed by atoms with van der Waals surface area (Å²) < 4.78 is 5.65. The van der Waals surface area contributed by atoms with Crippen molar-refractivity contribution in [1.29, 1.82) is 0 Å². The van der Waals surface area contributed by atoms with E-state index in [2.05, 4.69) is 17.6 Å². The first-order valence-electron chi connectivity index (χ1n) is 9.02. The Morgan fingerprint density at radius 2 is 1.91 bits per heavy atom. The SMILES string of the molecule is CCNC(=NCCCC1CCCC1)NCCC1CCCO1.I. The molecule has 1 aliphatic carbocycles. The summed E-state index contributed by atoms with van der Waals surface area (Å²) >= 11 is 0. The number of nitrogens with zero attached hydrogens (tertiary/aromatic N) is 1. The summed E-state index contributed by atoms with van der Waals surface area (Å²) in [5.41, 5.74) is 0. The molecular weight excluding hydrogens is 389 g/mol. The highest BCUT2D eigenvalue weighted by atomic mass is 127. The molecule has 5 heteroatoms. The summed E-state index contributed by atoms with van der Waals surface area (Å²) in [6.45, 7) is 5.90. The fourth-order valence-electron chi connectivity index (χ4n) is 3.44. The van der Waals surface area contributed by atoms with Crippen molar-refractivity contribution in [3.63, 3.8) is 0 Å². The Kier molecular flexibility index (Phi) is 11.3. The van der Waals surface area contributed by atoms with Gasteiger partial charge in [0.05, 0.1) is 6.10 Å². The molecule has 0 amide bonds. The van der Waals surface area contributed by atoms with Gasteiger partial charge < -0.3 is 15.4 Å². The Hall–Kier alpha value is -0.0400. The van der Waals surface area contributed by atoms with E-state index in [-0.39, 0.29) is 24.0 Å². The molecule has 130 valence electrons. The van der Waals surface area contributed by atoms with Gasteiger partial charge in [-0.1, -0.05) is 25.7 Å². The molecule has 1 saturated carbocycles. The highest BCUT2D eigenvalue weighted by Crippen LogP contribution is 2.28. The normalized spacial score (nSPS) is 22.6. The van der Waals surface area contributed by atoms with Crippen LogP contribution in [0.25, 0.3) is 0 Å². The monoisotopic (exact) mass is 423 g/mol. The molecule has 0 spiro atoms. The molecule has 1 heterocycles. The van der Waals surface area contributed by atoms with Gasteiger partial charge in [-0.2, -0.15) is 0 Å². The average molecular weight is 423 g/mol. The lowest BCUT2D eigenvalue weighted by atomic mass is 10.0. The lowest BCUT2D eigenvalue weighted by molar-refractivity contribution is 0.105. The second kappa shape index (κ2) is 12.4. The minimum Gasteiger partial charge on any atom is -0.378 e. The number of hydrogen-bond acceptors (Lipinski definition) is 2. The van der Waals surface area contributed by atoms with Crippen LogP contribution in [0.2, 0.25) is 0 Å². The van der Waals surface area contributed by atoms with E-state index in [1.807, 2.05) is 0 Å². The smallest absolute Gasteiger partial charge is 0.191 e. The van der Waals surface area contributed by atoms with Gasteiger partial charge in [-0.15, -0.1) is 24.0 Å². The van der Waals surface area contributed by atoms with Crippen LogP contribution in [0, 0.1) is 5.92 Å². The van der Waals surface area contributed by atoms with Crippen LogP contribution in [-0.4, -0.2) is 38.3 Å². The van der Waals surface area contributed by atoms with Gasteiger partial charge in [0.25, 0.3) is 0 Å². The Bertz CT molecular complexity index is 300. The van der Waals surface area contributed by atoms with Crippen molar-refractivity contribution >= 4 is 29.9 Å². The predicted octanol–water partition coefficient (Wildman–Crippen LogP) is 3.70. The standard InChI is InChI=1S/C17H33N3O.HI/c1-2-18-17(20-13-11-16-10-6-14-21-16)19-12-5-9-15-7-3-4-8-15;/h15-16H,2-14H2,1H3,(H2,18,19,20);1H. The Morgan fingerprint density at radius 1 is 1.09 bits per heavy atom. The van der Waals surface area contributed by atoms with Crippen molar-refractivity contribution < 1.29 is 4.74 Å². The fraction of sp³-hybridized carbons (Fsp3) is 0.941. The van der Waals surface area contributed by atoms with E-state index < -0.39 is 0 Å². The summed E-state index contributed by atoms with van der Waals surface area (Å²) in [5.74, 6) is 1.96. The molecule has 0 aromatic rings. The van der Waals surface area contributed by atoms with Gasteiger partial charge >= 0.3 is 0 Å². The van der Waals surface area contributed by atoms with Gasteiger partial charge in [0.2, 0.25) is 0 Å². The molecule has 0 aromatic carbocycles. The molecule has 1 aliphatic heterocycles. The molecular formula is C17H34IN3O. The van der Waals surface area contributed by atoms with Crippen LogP contribution >= 0.6 is 24.0 Å². The molecule has 1 saturated heterocycles. The maximum absolute atomic E-state index is 5.65. The summed E-state index contributed by atoms with van der Waals surface area (Å²) in [6, 6.07) is 0. The van der Waals surface area contributed by atoms with Crippen LogP contribution in [0.1, 0.15) is 64.7 Å². The molecule has 2 fully saturated rings. The van der Waals surface area contributed by atoms with Crippen LogP contribution in [0.4, 0.5) is 0 Å². The number of nitrogens with one attached hydrogen (secondary N) is 2. The van der Waals surface area contributed by atoms with E-state index in [1.165, 1.54) is 51.4 Å². The molecule has 2 rings (SSSR count). The molecule has 1 unspecified atom stereocenters. The Labute approximate surface area is 153 Å². The van der Waals surface area contributed by atoms with Gasteiger partial charge in [-0.05, 0) is 44.9 Å². The lowest BCUT2D eigenvalue weighted by Crippen LogP contribution is -2.38. The van der Waals surface area contributed by atoms with Crippen LogP contribution in [0.5, 0.6) is 0 Å². The third-order valence-corrected chi connectivity index (χ3v) is 4.64. The molecule has 2 N–H and O–H groups in total. The Balaban J connectivity index is 0.00000242. The number of guanidine groups is 1. The summed E-state index contributed by atoms with van der Waals surface area (Å²) in [4.78, 5) is 4.69. The highest BCUT2D eigenvalue weighted by Gasteiger charge is 2.15. The van der Waals surface area contributed by atoms with Crippen molar-refractivity contribution in [2.45, 2.75) is 70.8 Å². The van der Waals surface area contributed by atoms with Gasteiger partial charge in [-0.25, -0.2) is 0 Å². The summed E-state index contributed by atoms with van der Waals surface area (Å²) in [5, 5.41) is 6.77. The topological polar surface area (TPSA) is 45.7 Å². The predicted molar refractivity (Wildman–Crippen MR) is 104 cm³/mol. The van der Waals surface area contributed by atoms with Gasteiger partial charge in [0, 0.05) is 26.2 Å². The van der Waals surface area contributed by atoms with E-state index >= 15 is 0 Å². The molecule has 0 radical (unpaired) electrons. The summed E-state index contributed by atoms with van der Waals surface area (Å²) in [6.07, 6.45) is 12.4. The molecule has 2 aliphatic rings. The van der Waals surface area contributed by atoms with Gasteiger partial charge in [0.15, 0.2) is 5.96 Å². The highest BCUT2D eigenvalue weighted by molar-refractivity contribution is 14.0. The quantitative estimate of drug-likeness (QED) is 0.271. The number of halogens is 1. The van der Waals surface area contributed by atoms with Crippen LogP contribution < -0.4 is 10.6 Å². The number of ether oxygens (including phenoxy) is 1. The maximum atomic E-state index is 5.65. The van der Waals surface area contributed by atoms with Crippen LogP contribution in [-0.2, 0) is 4.74 Å². The number of aliphatic imine (C=N–C) groups is 1. The largest absolute Gasteiger partial charge is 0.378 e. The van der Waals surface area contributed by atoms with E-state index in [1.54, 1.807) is 0 Å². The zero-order valence-electron chi connectivity index (χ0n) is 14.1. The van der Waals surface area contributed by atoms with E-state index in [4.69, 9.17) is 9.73 Å². The minimum atomic E-state index is 0. The first-order valence-corrected chi connectivity index (χ1v) is 9.02. The first kappa shape index (κ1) is 20.0. The third-order valence-electron chi connectivity index (χ3n) is 4.64. The maximum Gasteiger partial charge on any atom is 0.191 e. The molecule has 0 bridgehead atoms. The van der Waals surface area contributed by atoms with Crippen molar-refractivity contribution in [3.05, 3.63) is 0 Å². The van der Waals surface area contributed by atoms with Crippen molar-refractivity contribution in [3.8, 4) is 0 Å². The number of rotatable bonds is 8. The second-order valence-corrected chi connectivity index (χ2v) is 6.40. The summed E-state index contributed by atoms with van der Waals surface area (Å²) in [7, 11) is 0.